The lowest BCUT2D eigenvalue weighted by molar-refractivity contribution is -0.131. The van der Waals surface area contributed by atoms with E-state index in [0.29, 0.717) is 6.61 Å². The van der Waals surface area contributed by atoms with Crippen LogP contribution in [0.2, 0.25) is 0 Å². The fraction of sp³-hybridized carbons (Fsp3) is 0.571. The van der Waals surface area contributed by atoms with Crippen LogP contribution in [-0.4, -0.2) is 32.6 Å². The topological polar surface area (TPSA) is 47.7 Å². The highest BCUT2D eigenvalue weighted by Gasteiger charge is 2.32. The number of ether oxygens (including phenoxy) is 2. The summed E-state index contributed by atoms with van der Waals surface area (Å²) in [4.78, 5) is 2.33. The van der Waals surface area contributed by atoms with E-state index in [0.717, 1.165) is 30.8 Å². The summed E-state index contributed by atoms with van der Waals surface area (Å²) in [5.41, 5.74) is 7.80. The molecular weight excluding hydrogens is 228 g/mol. The van der Waals surface area contributed by atoms with E-state index in [1.54, 1.807) is 7.11 Å². The zero-order valence-corrected chi connectivity index (χ0v) is 11.1. The maximum Gasteiger partial charge on any atom is 0.177 e. The van der Waals surface area contributed by atoms with Crippen LogP contribution in [0.5, 0.6) is 0 Å². The van der Waals surface area contributed by atoms with Gasteiger partial charge in [0.2, 0.25) is 0 Å². The second-order valence-corrected chi connectivity index (χ2v) is 4.56. The van der Waals surface area contributed by atoms with Gasteiger partial charge in [0, 0.05) is 31.6 Å². The van der Waals surface area contributed by atoms with Crippen molar-refractivity contribution in [2.45, 2.75) is 32.1 Å². The van der Waals surface area contributed by atoms with Crippen LogP contribution in [0.15, 0.2) is 24.3 Å². The van der Waals surface area contributed by atoms with Gasteiger partial charge in [-0.05, 0) is 38.0 Å². The molecule has 1 fully saturated rings. The molecule has 1 aromatic rings. The molecule has 4 heteroatoms. The van der Waals surface area contributed by atoms with Gasteiger partial charge in [0.25, 0.3) is 0 Å². The summed E-state index contributed by atoms with van der Waals surface area (Å²) < 4.78 is 11.1. The van der Waals surface area contributed by atoms with E-state index in [-0.39, 0.29) is 12.3 Å². The lowest BCUT2D eigenvalue weighted by atomic mass is 10.2. The van der Waals surface area contributed by atoms with Crippen molar-refractivity contribution in [3.05, 3.63) is 24.3 Å². The molecule has 0 radical (unpaired) electrons. The molecule has 100 valence electrons. The average Bonchev–Trinajstić information content (AvgIpc) is 2.85. The summed E-state index contributed by atoms with van der Waals surface area (Å²) in [6.45, 7) is 3.69. The Morgan fingerprint density at radius 1 is 1.50 bits per heavy atom. The highest BCUT2D eigenvalue weighted by molar-refractivity contribution is 5.57. The monoisotopic (exact) mass is 250 g/mol. The molecule has 1 heterocycles. The van der Waals surface area contributed by atoms with Crippen molar-refractivity contribution in [1.82, 2.24) is 0 Å². The Balaban J connectivity index is 2.16. The molecule has 4 nitrogen and oxygen atoms in total. The van der Waals surface area contributed by atoms with Crippen LogP contribution in [0.3, 0.4) is 0 Å². The summed E-state index contributed by atoms with van der Waals surface area (Å²) in [6, 6.07) is 8.27. The van der Waals surface area contributed by atoms with Crippen LogP contribution in [0.1, 0.15) is 19.8 Å². The Morgan fingerprint density at radius 2 is 2.33 bits per heavy atom. The second-order valence-electron chi connectivity index (χ2n) is 4.56. The van der Waals surface area contributed by atoms with Crippen molar-refractivity contribution in [2.75, 3.05) is 30.9 Å². The summed E-state index contributed by atoms with van der Waals surface area (Å²) in [6.07, 6.45) is 2.08. The Kier molecular flexibility index (Phi) is 4.44. The molecule has 2 atom stereocenters. The Morgan fingerprint density at radius 3 is 3.00 bits per heavy atom. The van der Waals surface area contributed by atoms with E-state index in [1.807, 2.05) is 25.1 Å². The molecule has 0 amide bonds. The van der Waals surface area contributed by atoms with Crippen molar-refractivity contribution in [1.29, 1.82) is 0 Å². The van der Waals surface area contributed by atoms with Gasteiger partial charge in [0.05, 0.1) is 6.04 Å². The van der Waals surface area contributed by atoms with Gasteiger partial charge in [-0.2, -0.15) is 0 Å². The molecule has 0 spiro atoms. The number of nitrogens with zero attached hydrogens (tertiary/aromatic N) is 1. The quantitative estimate of drug-likeness (QED) is 0.643. The lowest BCUT2D eigenvalue weighted by Crippen LogP contribution is -2.41. The predicted octanol–water partition coefficient (Wildman–Crippen LogP) is 2.25. The first-order valence-electron chi connectivity index (χ1n) is 6.53. The van der Waals surface area contributed by atoms with Gasteiger partial charge in [-0.15, -0.1) is 0 Å². The van der Waals surface area contributed by atoms with Gasteiger partial charge in [-0.3, -0.25) is 0 Å². The molecule has 1 aliphatic rings. The lowest BCUT2D eigenvalue weighted by Gasteiger charge is -2.32. The highest BCUT2D eigenvalue weighted by Crippen LogP contribution is 2.29. The van der Waals surface area contributed by atoms with Crippen LogP contribution < -0.4 is 10.6 Å². The van der Waals surface area contributed by atoms with Crippen LogP contribution in [0.4, 0.5) is 11.4 Å². The van der Waals surface area contributed by atoms with E-state index < -0.39 is 0 Å². The average molecular weight is 250 g/mol. The highest BCUT2D eigenvalue weighted by atomic mass is 16.7. The summed E-state index contributed by atoms with van der Waals surface area (Å²) in [5.74, 6) is 0. The zero-order valence-electron chi connectivity index (χ0n) is 11.1. The van der Waals surface area contributed by atoms with Gasteiger partial charge in [0.15, 0.2) is 6.29 Å². The number of hydrogen-bond donors (Lipinski definition) is 1. The Hall–Kier alpha value is -1.26. The maximum absolute atomic E-state index is 5.85. The smallest absolute Gasteiger partial charge is 0.177 e. The number of nitrogen functional groups attached to an aromatic ring is 1. The van der Waals surface area contributed by atoms with Crippen molar-refractivity contribution < 1.29 is 9.47 Å². The zero-order chi connectivity index (χ0) is 13.0. The molecule has 2 unspecified atom stereocenters. The molecule has 2 N–H and O–H groups in total. The van der Waals surface area contributed by atoms with Gasteiger partial charge < -0.3 is 20.1 Å². The van der Waals surface area contributed by atoms with Crippen molar-refractivity contribution in [3.63, 3.8) is 0 Å². The van der Waals surface area contributed by atoms with Gasteiger partial charge in [-0.25, -0.2) is 0 Å². The third-order valence-corrected chi connectivity index (χ3v) is 3.38. The van der Waals surface area contributed by atoms with Gasteiger partial charge >= 0.3 is 0 Å². The normalized spacial score (nSPS) is 21.2. The molecule has 1 aromatic carbocycles. The second kappa shape index (κ2) is 6.07. The fourth-order valence-electron chi connectivity index (χ4n) is 2.60. The van der Waals surface area contributed by atoms with E-state index >= 15 is 0 Å². The molecule has 0 aliphatic carbocycles. The van der Waals surface area contributed by atoms with E-state index in [1.165, 1.54) is 0 Å². The molecule has 2 rings (SSSR count). The molecule has 1 aliphatic heterocycles. The first kappa shape index (κ1) is 13.2. The van der Waals surface area contributed by atoms with Crippen molar-refractivity contribution in [3.8, 4) is 0 Å². The largest absolute Gasteiger partial charge is 0.399 e. The van der Waals surface area contributed by atoms with Crippen LogP contribution >= 0.6 is 0 Å². The van der Waals surface area contributed by atoms with E-state index in [4.69, 9.17) is 15.2 Å². The minimum atomic E-state index is -0.168. The minimum Gasteiger partial charge on any atom is -0.399 e. The third kappa shape index (κ3) is 2.76. The SMILES string of the molecule is CCOC(OC)C1CCCN1c1cccc(N)c1. The first-order chi connectivity index (χ1) is 8.76. The number of benzene rings is 1. The summed E-state index contributed by atoms with van der Waals surface area (Å²) in [7, 11) is 1.70. The van der Waals surface area contributed by atoms with Crippen LogP contribution in [-0.2, 0) is 9.47 Å². The number of hydrogen-bond acceptors (Lipinski definition) is 4. The van der Waals surface area contributed by atoms with E-state index in [2.05, 4.69) is 11.0 Å². The number of methoxy groups -OCH3 is 1. The maximum atomic E-state index is 5.85. The number of anilines is 2. The summed E-state index contributed by atoms with van der Waals surface area (Å²) in [5, 5.41) is 0. The first-order valence-corrected chi connectivity index (χ1v) is 6.53. The van der Waals surface area contributed by atoms with Gasteiger partial charge in [-0.1, -0.05) is 6.07 Å². The molecule has 0 bridgehead atoms. The molecule has 0 aromatic heterocycles. The number of nitrogens with two attached hydrogens (primary N) is 1. The van der Waals surface area contributed by atoms with Crippen LogP contribution in [0, 0.1) is 0 Å². The fourth-order valence-corrected chi connectivity index (χ4v) is 2.60. The standard InChI is InChI=1S/C14H22N2O2/c1-3-18-14(17-2)13-8-5-9-16(13)12-7-4-6-11(15)10-12/h4,6-7,10,13-14H,3,5,8-9,15H2,1-2H3. The number of rotatable bonds is 5. The third-order valence-electron chi connectivity index (χ3n) is 3.38. The van der Waals surface area contributed by atoms with Gasteiger partial charge in [0.1, 0.15) is 0 Å². The Bertz CT molecular complexity index is 384. The van der Waals surface area contributed by atoms with Crippen LogP contribution in [0.25, 0.3) is 0 Å². The molecule has 0 saturated carbocycles. The summed E-state index contributed by atoms with van der Waals surface area (Å²) >= 11 is 0. The van der Waals surface area contributed by atoms with Crippen molar-refractivity contribution in [2.24, 2.45) is 0 Å². The minimum absolute atomic E-state index is 0.168. The molecular formula is C14H22N2O2. The van der Waals surface area contributed by atoms with E-state index in [9.17, 15) is 0 Å². The molecule has 18 heavy (non-hydrogen) atoms. The Labute approximate surface area is 109 Å². The molecule has 1 saturated heterocycles. The van der Waals surface area contributed by atoms with Crippen molar-refractivity contribution >= 4 is 11.4 Å². The predicted molar refractivity (Wildman–Crippen MR) is 73.6 cm³/mol.